The summed E-state index contributed by atoms with van der Waals surface area (Å²) >= 11 is 0. The largest absolute Gasteiger partial charge is 2.00 e. The summed E-state index contributed by atoms with van der Waals surface area (Å²) in [4.78, 5) is 35.3. The van der Waals surface area contributed by atoms with Gasteiger partial charge in [-0.05, 0) is 60.7 Å². The van der Waals surface area contributed by atoms with Gasteiger partial charge < -0.3 is 52.8 Å². The van der Waals surface area contributed by atoms with Crippen LogP contribution in [-0.2, 0) is 60.9 Å². The molecule has 0 aliphatic carbocycles. The molecule has 5 N–H and O–H groups in total. The molecule has 0 bridgehead atoms. The first-order valence-corrected chi connectivity index (χ1v) is 12.1. The van der Waals surface area contributed by atoms with Crippen LogP contribution in [0.15, 0.2) is 70.9 Å². The van der Waals surface area contributed by atoms with E-state index in [9.17, 15) is 5.11 Å². The van der Waals surface area contributed by atoms with Crippen molar-refractivity contribution in [1.82, 2.24) is 9.97 Å². The van der Waals surface area contributed by atoms with Gasteiger partial charge >= 0.3 is 33.0 Å². The van der Waals surface area contributed by atoms with Gasteiger partial charge in [-0.2, -0.15) is 0 Å². The average molecular weight is 752 g/mol. The number of halogens is 1. The van der Waals surface area contributed by atoms with E-state index in [4.69, 9.17) is 19.8 Å². The van der Waals surface area contributed by atoms with Crippen LogP contribution in [0.4, 0.5) is 0 Å². The van der Waals surface area contributed by atoms with Crippen molar-refractivity contribution < 1.29 is 85.8 Å². The van der Waals surface area contributed by atoms with Crippen molar-refractivity contribution in [2.75, 3.05) is 13.1 Å². The fourth-order valence-electron chi connectivity index (χ4n) is 3.00. The van der Waals surface area contributed by atoms with Crippen molar-refractivity contribution in [2.45, 2.75) is 46.5 Å². The number of carboxylic acid groups (broad SMARTS) is 2. The molecule has 0 aliphatic heterocycles. The molecule has 0 saturated heterocycles. The predicted molar refractivity (Wildman–Crippen MR) is 151 cm³/mol. The minimum atomic E-state index is -1.08. The van der Waals surface area contributed by atoms with E-state index in [0.29, 0.717) is 30.1 Å². The number of aromatic nitrogens is 2. The predicted octanol–water partition coefficient (Wildman–Crippen LogP) is -3.24. The number of benzene rings is 1. The molecule has 0 unspecified atom stereocenters. The zero-order valence-corrected chi connectivity index (χ0v) is 27.8. The number of rotatable bonds is 9. The number of aliphatic imine (C=N–C) groups is 2. The number of hydrogen-bond acceptors (Lipinski definition) is 9. The molecule has 0 aliphatic rings. The Morgan fingerprint density at radius 2 is 1.16 bits per heavy atom. The Bertz CT molecular complexity index is 1110. The van der Waals surface area contributed by atoms with E-state index in [1.54, 1.807) is 24.8 Å². The molecule has 0 saturated carbocycles. The smallest absolute Gasteiger partial charge is 1.00 e. The third-order valence-corrected chi connectivity index (χ3v) is 4.74. The quantitative estimate of drug-likeness (QED) is 0.124. The molecule has 0 atom stereocenters. The minimum Gasteiger partial charge on any atom is -1.00 e. The topological polar surface area (TPSA) is 218 Å². The molecule has 0 amide bonds. The molecule has 0 spiro atoms. The van der Waals surface area contributed by atoms with Crippen molar-refractivity contribution in [1.29, 1.82) is 0 Å². The fourth-order valence-corrected chi connectivity index (χ4v) is 3.00. The fraction of sp³-hybridized carbons (Fsp3) is 0.310. The number of hydrogen-bond donors (Lipinski definition) is 0. The van der Waals surface area contributed by atoms with Crippen molar-refractivity contribution in [3.8, 4) is 5.75 Å². The van der Waals surface area contributed by atoms with Crippen molar-refractivity contribution in [2.24, 2.45) is 9.98 Å². The Labute approximate surface area is 283 Å². The van der Waals surface area contributed by atoms with Crippen molar-refractivity contribution >= 4 is 24.4 Å². The molecular formula is C29H38BrN4Ni2O7+. The van der Waals surface area contributed by atoms with E-state index in [1.165, 1.54) is 0 Å². The molecule has 2 aromatic heterocycles. The zero-order chi connectivity index (χ0) is 28.3. The molecule has 0 fully saturated rings. The number of nitrogens with zero attached hydrogens (tertiary/aromatic N) is 4. The van der Waals surface area contributed by atoms with E-state index in [1.807, 2.05) is 48.5 Å². The standard InChI is InChI=1S/C25H28N4O.2C2H4O2.BrH.2Ni.2H2O/c1-19(2)20-15-21(17-26-13-9-23-7-3-5-11-28-23)25(30)22(16-20)18-27-14-10-24-8-4-6-12-29-24;2*1-2(3)4;;;;;/h3-8,11-12,15-19,30H,9-10,13-14H2,1-2H3;2*1H3,(H,3,4);1H;;;2*1H2/q;;;;2*+2;;/p-3. The monoisotopic (exact) mass is 749 g/mol. The molecule has 11 nitrogen and oxygen atoms in total. The summed E-state index contributed by atoms with van der Waals surface area (Å²) < 4.78 is 0. The second-order valence-electron chi connectivity index (χ2n) is 8.38. The number of carbonyl (C=O) groups excluding carboxylic acids is 2. The van der Waals surface area contributed by atoms with Crippen LogP contribution in [0.5, 0.6) is 5.75 Å². The number of aliphatic carboxylic acids is 2. The third-order valence-electron chi connectivity index (χ3n) is 4.74. The molecule has 242 valence electrons. The summed E-state index contributed by atoms with van der Waals surface area (Å²) in [6.45, 7) is 7.36. The zero-order valence-electron chi connectivity index (χ0n) is 24.3. The molecule has 3 aromatic rings. The molecule has 14 heteroatoms. The Morgan fingerprint density at radius 3 is 1.44 bits per heavy atom. The summed E-state index contributed by atoms with van der Waals surface area (Å²) in [5, 5.41) is 30.6. The van der Waals surface area contributed by atoms with Gasteiger partial charge in [-0.15, -0.1) is 0 Å². The first-order valence-electron chi connectivity index (χ1n) is 12.1. The van der Waals surface area contributed by atoms with Gasteiger partial charge in [0.2, 0.25) is 0 Å². The van der Waals surface area contributed by atoms with E-state index < -0.39 is 11.9 Å². The van der Waals surface area contributed by atoms with E-state index in [2.05, 4.69) is 33.8 Å². The summed E-state index contributed by atoms with van der Waals surface area (Å²) in [7, 11) is 0. The van der Waals surface area contributed by atoms with Gasteiger partial charge in [0.05, 0.1) is 0 Å². The van der Waals surface area contributed by atoms with Crippen LogP contribution < -0.4 is 32.3 Å². The van der Waals surface area contributed by atoms with Crippen molar-refractivity contribution in [3.63, 3.8) is 0 Å². The second-order valence-corrected chi connectivity index (χ2v) is 8.38. The first-order chi connectivity index (χ1) is 18.1. The van der Waals surface area contributed by atoms with Gasteiger partial charge in [0.1, 0.15) is 0 Å². The maximum atomic E-state index is 12.9. The SMILES string of the molecule is CC(=O)[O-].CC(=O)[O-].CC(C)c1cc(C=NCCc2ccccn2)c([O-])c(C=NCCc2ccccn2)c1.O.[Br-].[Ni+2].[Ni+2].[OH3+]. The van der Waals surface area contributed by atoms with Gasteiger partial charge in [0.25, 0.3) is 0 Å². The van der Waals surface area contributed by atoms with Gasteiger partial charge in [-0.1, -0.05) is 43.9 Å². The Morgan fingerprint density at radius 1 is 0.814 bits per heavy atom. The van der Waals surface area contributed by atoms with Crippen LogP contribution >= 0.6 is 0 Å². The number of pyridine rings is 2. The first kappa shape index (κ1) is 49.7. The van der Waals surface area contributed by atoms with Crippen LogP contribution in [0.3, 0.4) is 0 Å². The molecular weight excluding hydrogens is 714 g/mol. The number of carboxylic acids is 2. The Kier molecular flexibility index (Phi) is 33.6. The van der Waals surface area contributed by atoms with Crippen LogP contribution in [0.25, 0.3) is 0 Å². The normalized spacial score (nSPS) is 9.33. The molecule has 0 radical (unpaired) electrons. The maximum Gasteiger partial charge on any atom is 2.00 e. The van der Waals surface area contributed by atoms with Gasteiger partial charge in [0, 0.05) is 74.1 Å². The minimum absolute atomic E-state index is 0. The van der Waals surface area contributed by atoms with Crippen LogP contribution in [0, 0.1) is 0 Å². The van der Waals surface area contributed by atoms with Gasteiger partial charge in [0.15, 0.2) is 0 Å². The molecule has 43 heavy (non-hydrogen) atoms. The maximum absolute atomic E-state index is 12.9. The van der Waals surface area contributed by atoms with E-state index in [0.717, 1.165) is 43.6 Å². The van der Waals surface area contributed by atoms with Crippen LogP contribution in [0.2, 0.25) is 0 Å². The van der Waals surface area contributed by atoms with Crippen LogP contribution in [-0.4, -0.2) is 52.9 Å². The van der Waals surface area contributed by atoms with Gasteiger partial charge in [-0.3, -0.25) is 20.0 Å². The summed E-state index contributed by atoms with van der Waals surface area (Å²) in [5.74, 6) is -1.89. The third kappa shape index (κ3) is 24.2. The summed E-state index contributed by atoms with van der Waals surface area (Å²) in [6, 6.07) is 15.5. The second kappa shape index (κ2) is 29.1. The Balaban J connectivity index is -0.000000331. The molecule has 3 rings (SSSR count). The van der Waals surface area contributed by atoms with Gasteiger partial charge in [-0.25, -0.2) is 0 Å². The molecule has 1 aromatic carbocycles. The summed E-state index contributed by atoms with van der Waals surface area (Å²) in [6.07, 6.45) is 8.42. The average Bonchev–Trinajstić information content (AvgIpc) is 2.86. The van der Waals surface area contributed by atoms with Crippen molar-refractivity contribution in [3.05, 3.63) is 89.0 Å². The summed E-state index contributed by atoms with van der Waals surface area (Å²) in [5.41, 5.74) is 4.30. The van der Waals surface area contributed by atoms with Crippen LogP contribution in [0.1, 0.15) is 61.7 Å². The van der Waals surface area contributed by atoms with E-state index in [-0.39, 0.29) is 66.7 Å². The molecule has 2 heterocycles. The Hall–Kier alpha value is -3.01. The van der Waals surface area contributed by atoms with E-state index >= 15 is 0 Å². The number of carbonyl (C=O) groups is 2.